The fourth-order valence-electron chi connectivity index (χ4n) is 7.31. The van der Waals surface area contributed by atoms with Crippen molar-refractivity contribution in [3.05, 3.63) is 23.8 Å². The molecule has 0 bridgehead atoms. The third-order valence-corrected chi connectivity index (χ3v) is 8.52. The van der Waals surface area contributed by atoms with Crippen molar-refractivity contribution < 1.29 is 19.4 Å². The second-order valence-corrected chi connectivity index (χ2v) is 9.29. The van der Waals surface area contributed by atoms with Gasteiger partial charge in [-0.15, -0.1) is 0 Å². The lowest BCUT2D eigenvalue weighted by atomic mass is 9.46. The van der Waals surface area contributed by atoms with Crippen LogP contribution in [0.3, 0.4) is 0 Å². The van der Waals surface area contributed by atoms with Gasteiger partial charge in [0, 0.05) is 16.7 Å². The summed E-state index contributed by atoms with van der Waals surface area (Å²) in [6.45, 7) is 4.59. The van der Waals surface area contributed by atoms with E-state index in [1.54, 1.807) is 12.2 Å². The number of carbonyl (C=O) groups excluding carboxylic acids is 2. The smallest absolute Gasteiger partial charge is 0.190 e. The highest BCUT2D eigenvalue weighted by Gasteiger charge is 2.71. The molecule has 7 atom stereocenters. The Morgan fingerprint density at radius 2 is 2.04 bits per heavy atom. The van der Waals surface area contributed by atoms with E-state index in [-0.39, 0.29) is 34.9 Å². The summed E-state index contributed by atoms with van der Waals surface area (Å²) in [5.74, 6) is 1.21. The van der Waals surface area contributed by atoms with E-state index in [9.17, 15) is 14.7 Å². The van der Waals surface area contributed by atoms with Crippen molar-refractivity contribution in [1.29, 1.82) is 0 Å². The molecule has 1 aliphatic heterocycles. The molecule has 4 heteroatoms. The predicted molar refractivity (Wildman–Crippen MR) is 91.7 cm³/mol. The van der Waals surface area contributed by atoms with E-state index < -0.39 is 11.7 Å². The summed E-state index contributed by atoms with van der Waals surface area (Å²) >= 11 is 0. The molecule has 6 unspecified atom stereocenters. The Morgan fingerprint density at radius 1 is 1.24 bits per heavy atom. The lowest BCUT2D eigenvalue weighted by Crippen LogP contribution is -2.67. The SMILES string of the molecule is CC12C=CC(=O)C=C1CCC1C2C(O)CC2(C)C1CC[C@@]21OCC1=O. The van der Waals surface area contributed by atoms with Gasteiger partial charge in [-0.2, -0.15) is 0 Å². The highest BCUT2D eigenvalue weighted by atomic mass is 16.5. The summed E-state index contributed by atoms with van der Waals surface area (Å²) in [5, 5.41) is 11.2. The van der Waals surface area contributed by atoms with Crippen LogP contribution in [0.15, 0.2) is 23.8 Å². The zero-order valence-corrected chi connectivity index (χ0v) is 15.0. The zero-order valence-electron chi connectivity index (χ0n) is 15.0. The third-order valence-electron chi connectivity index (χ3n) is 8.52. The average Bonchev–Trinajstić information content (AvgIpc) is 2.88. The van der Waals surface area contributed by atoms with Crippen molar-refractivity contribution in [2.24, 2.45) is 28.6 Å². The summed E-state index contributed by atoms with van der Waals surface area (Å²) in [7, 11) is 0. The van der Waals surface area contributed by atoms with Gasteiger partial charge in [-0.05, 0) is 56.1 Å². The third kappa shape index (κ3) is 1.71. The van der Waals surface area contributed by atoms with Crippen molar-refractivity contribution in [2.75, 3.05) is 6.61 Å². The highest BCUT2D eigenvalue weighted by Crippen LogP contribution is 2.68. The molecule has 3 saturated carbocycles. The maximum absolute atomic E-state index is 12.4. The van der Waals surface area contributed by atoms with Crippen LogP contribution < -0.4 is 0 Å². The number of ketones is 2. The maximum atomic E-state index is 12.4. The van der Waals surface area contributed by atoms with E-state index in [2.05, 4.69) is 13.8 Å². The normalized spacial score (nSPS) is 53.8. The molecule has 5 rings (SSSR count). The molecule has 0 radical (unpaired) electrons. The molecule has 1 N–H and O–H groups in total. The van der Waals surface area contributed by atoms with Gasteiger partial charge in [0.25, 0.3) is 0 Å². The molecule has 134 valence electrons. The van der Waals surface area contributed by atoms with Crippen molar-refractivity contribution in [2.45, 2.75) is 57.7 Å². The Bertz CT molecular complexity index is 736. The topological polar surface area (TPSA) is 63.6 Å². The first-order valence-corrected chi connectivity index (χ1v) is 9.61. The summed E-state index contributed by atoms with van der Waals surface area (Å²) in [4.78, 5) is 24.3. The summed E-state index contributed by atoms with van der Waals surface area (Å²) in [6.07, 6.45) is 9.35. The second-order valence-electron chi connectivity index (χ2n) is 9.29. The van der Waals surface area contributed by atoms with Crippen molar-refractivity contribution in [1.82, 2.24) is 0 Å². The van der Waals surface area contributed by atoms with Crippen molar-refractivity contribution in [3.8, 4) is 0 Å². The molecule has 25 heavy (non-hydrogen) atoms. The Labute approximate surface area is 148 Å². The number of carbonyl (C=O) groups is 2. The van der Waals surface area contributed by atoms with Gasteiger partial charge >= 0.3 is 0 Å². The number of Topliss-reactive ketones (excluding diaryl/α,β-unsaturated/α-hetero) is 1. The van der Waals surface area contributed by atoms with E-state index >= 15 is 0 Å². The van der Waals surface area contributed by atoms with Crippen molar-refractivity contribution >= 4 is 11.6 Å². The Morgan fingerprint density at radius 3 is 2.72 bits per heavy atom. The second kappa shape index (κ2) is 4.72. The number of ether oxygens (including phenoxy) is 1. The first kappa shape index (κ1) is 16.0. The van der Waals surface area contributed by atoms with Gasteiger partial charge in [-0.25, -0.2) is 0 Å². The number of allylic oxidation sites excluding steroid dienone is 4. The van der Waals surface area contributed by atoms with Crippen LogP contribution in [-0.4, -0.2) is 35.0 Å². The number of rotatable bonds is 0. The molecule has 4 nitrogen and oxygen atoms in total. The maximum Gasteiger partial charge on any atom is 0.190 e. The minimum absolute atomic E-state index is 0.0642. The molecular formula is C21H26O4. The lowest BCUT2D eigenvalue weighted by molar-refractivity contribution is -0.224. The van der Waals surface area contributed by atoms with Gasteiger partial charge < -0.3 is 9.84 Å². The Hall–Kier alpha value is -1.26. The highest BCUT2D eigenvalue weighted by molar-refractivity contribution is 6.01. The molecule has 1 heterocycles. The van der Waals surface area contributed by atoms with Gasteiger partial charge in [0.2, 0.25) is 0 Å². The number of aliphatic hydroxyl groups excluding tert-OH is 1. The Kier molecular flexibility index (Phi) is 3.01. The van der Waals surface area contributed by atoms with Gasteiger partial charge in [-0.1, -0.05) is 25.5 Å². The largest absolute Gasteiger partial charge is 0.393 e. The zero-order chi connectivity index (χ0) is 17.6. The fourth-order valence-corrected chi connectivity index (χ4v) is 7.31. The molecule has 5 aliphatic rings. The van der Waals surface area contributed by atoms with Crippen LogP contribution in [0.5, 0.6) is 0 Å². The predicted octanol–water partition coefficient (Wildman–Crippen LogP) is 2.60. The van der Waals surface area contributed by atoms with Crippen LogP contribution in [0.1, 0.15) is 46.0 Å². The van der Waals surface area contributed by atoms with E-state index in [1.165, 1.54) is 5.57 Å². The molecule has 0 aromatic carbocycles. The van der Waals surface area contributed by atoms with Gasteiger partial charge in [0.15, 0.2) is 11.6 Å². The first-order valence-electron chi connectivity index (χ1n) is 9.61. The van der Waals surface area contributed by atoms with Crippen molar-refractivity contribution in [3.63, 3.8) is 0 Å². The number of fused-ring (bicyclic) bond motifs is 6. The van der Waals surface area contributed by atoms with Crippen LogP contribution in [-0.2, 0) is 14.3 Å². The molecule has 0 aromatic heterocycles. The van der Waals surface area contributed by atoms with Crippen LogP contribution >= 0.6 is 0 Å². The standard InChI is InChI=1S/C21H26O4/c1-19-7-5-13(22)9-12(19)3-4-14-15-6-8-21(17(24)11-25-21)20(15,2)10-16(23)18(14)19/h5,7,9,14-16,18,23H,3-4,6,8,10-11H2,1-2H3/t14?,15?,16?,18?,19?,20?,21-/m0/s1. The minimum atomic E-state index is -0.640. The number of hydrogen-bond donors (Lipinski definition) is 1. The number of aliphatic hydroxyl groups is 1. The number of hydrogen-bond acceptors (Lipinski definition) is 4. The molecule has 1 spiro atoms. The average molecular weight is 342 g/mol. The quantitative estimate of drug-likeness (QED) is 0.735. The van der Waals surface area contributed by atoms with Gasteiger partial charge in [0.1, 0.15) is 12.2 Å². The van der Waals surface area contributed by atoms with Crippen LogP contribution in [0, 0.1) is 28.6 Å². The van der Waals surface area contributed by atoms with Crippen LogP contribution in [0.25, 0.3) is 0 Å². The van der Waals surface area contributed by atoms with E-state index in [0.717, 1.165) is 25.7 Å². The molecular weight excluding hydrogens is 316 g/mol. The summed E-state index contributed by atoms with van der Waals surface area (Å²) in [5.41, 5.74) is 0.0403. The Balaban J connectivity index is 1.56. The monoisotopic (exact) mass is 342 g/mol. The van der Waals surface area contributed by atoms with E-state index in [0.29, 0.717) is 18.3 Å². The summed E-state index contributed by atoms with van der Waals surface area (Å²) in [6, 6.07) is 0. The molecule has 0 amide bonds. The summed E-state index contributed by atoms with van der Waals surface area (Å²) < 4.78 is 5.91. The van der Waals surface area contributed by atoms with Crippen LogP contribution in [0.2, 0.25) is 0 Å². The van der Waals surface area contributed by atoms with Crippen LogP contribution in [0.4, 0.5) is 0 Å². The molecule has 0 aromatic rings. The van der Waals surface area contributed by atoms with E-state index in [4.69, 9.17) is 4.74 Å². The molecule has 4 aliphatic carbocycles. The van der Waals surface area contributed by atoms with Gasteiger partial charge in [-0.3, -0.25) is 9.59 Å². The molecule has 4 fully saturated rings. The molecule has 1 saturated heterocycles. The minimum Gasteiger partial charge on any atom is -0.393 e. The van der Waals surface area contributed by atoms with E-state index in [1.807, 2.05) is 6.08 Å². The lowest BCUT2D eigenvalue weighted by Gasteiger charge is -2.61. The first-order chi connectivity index (χ1) is 11.8. The van der Waals surface area contributed by atoms with Gasteiger partial charge in [0.05, 0.1) is 6.10 Å². The fraction of sp³-hybridized carbons (Fsp3) is 0.714.